The summed E-state index contributed by atoms with van der Waals surface area (Å²) < 4.78 is 4.63. The highest BCUT2D eigenvalue weighted by Gasteiger charge is 2.11. The lowest BCUT2D eigenvalue weighted by atomic mass is 10.1. The number of aromatic nitrogens is 1. The second-order valence-electron chi connectivity index (χ2n) is 3.89. The highest BCUT2D eigenvalue weighted by atomic mass is 16.5. The fourth-order valence-corrected chi connectivity index (χ4v) is 1.53. The summed E-state index contributed by atoms with van der Waals surface area (Å²) in [6, 6.07) is 7.08. The Kier molecular flexibility index (Phi) is 3.96. The number of hydrogen-bond acceptors (Lipinski definition) is 4. The number of aryl methyl sites for hydroxylation is 1. The molecule has 0 fully saturated rings. The number of benzene rings is 1. The Hall–Kier alpha value is -2.58. The van der Waals surface area contributed by atoms with Gasteiger partial charge in [-0.15, -0.1) is 0 Å². The first-order valence-corrected chi connectivity index (χ1v) is 5.72. The predicted octanol–water partition coefficient (Wildman–Crippen LogP) is 1.55. The number of hydrogen-bond donors (Lipinski definition) is 2. The second-order valence-corrected chi connectivity index (χ2v) is 3.89. The van der Waals surface area contributed by atoms with E-state index < -0.39 is 0 Å². The van der Waals surface area contributed by atoms with E-state index in [2.05, 4.69) is 26.8 Å². The maximum atomic E-state index is 11.9. The lowest BCUT2D eigenvalue weighted by molar-refractivity contribution is 0.101. The number of carbonyl (C=O) groups excluding carboxylic acids is 1. The SMILES string of the molecule is Cc1ccc(NC(=O)c2ccon2)c(C#CCN)c1. The van der Waals surface area contributed by atoms with E-state index in [1.54, 1.807) is 6.07 Å². The highest BCUT2D eigenvalue weighted by Crippen LogP contribution is 2.17. The second kappa shape index (κ2) is 5.85. The molecule has 3 N–H and O–H groups in total. The van der Waals surface area contributed by atoms with Crippen molar-refractivity contribution in [2.75, 3.05) is 11.9 Å². The lowest BCUT2D eigenvalue weighted by Crippen LogP contribution is -2.13. The molecular weight excluding hydrogens is 242 g/mol. The quantitative estimate of drug-likeness (QED) is 0.798. The Labute approximate surface area is 110 Å². The van der Waals surface area contributed by atoms with Crippen molar-refractivity contribution in [1.29, 1.82) is 0 Å². The summed E-state index contributed by atoms with van der Waals surface area (Å²) in [7, 11) is 0. The molecule has 0 unspecified atom stereocenters. The van der Waals surface area contributed by atoms with Gasteiger partial charge in [0.05, 0.1) is 12.2 Å². The van der Waals surface area contributed by atoms with Crippen LogP contribution in [0.1, 0.15) is 21.6 Å². The van der Waals surface area contributed by atoms with Crippen molar-refractivity contribution in [1.82, 2.24) is 5.16 Å². The van der Waals surface area contributed by atoms with Gasteiger partial charge >= 0.3 is 0 Å². The van der Waals surface area contributed by atoms with E-state index >= 15 is 0 Å². The van der Waals surface area contributed by atoms with Crippen LogP contribution in [-0.4, -0.2) is 17.6 Å². The molecule has 0 saturated carbocycles. The van der Waals surface area contributed by atoms with E-state index in [1.165, 1.54) is 12.3 Å². The highest BCUT2D eigenvalue weighted by molar-refractivity contribution is 6.03. The van der Waals surface area contributed by atoms with Crippen LogP contribution < -0.4 is 11.1 Å². The molecule has 1 heterocycles. The molecule has 5 heteroatoms. The number of nitrogens with two attached hydrogens (primary N) is 1. The molecule has 19 heavy (non-hydrogen) atoms. The summed E-state index contributed by atoms with van der Waals surface area (Å²) in [4.78, 5) is 11.9. The summed E-state index contributed by atoms with van der Waals surface area (Å²) in [5.74, 6) is 5.36. The summed E-state index contributed by atoms with van der Waals surface area (Å²) in [5.41, 5.74) is 7.99. The van der Waals surface area contributed by atoms with Crippen LogP contribution in [0.4, 0.5) is 5.69 Å². The average Bonchev–Trinajstić information content (AvgIpc) is 2.93. The lowest BCUT2D eigenvalue weighted by Gasteiger charge is -2.06. The maximum Gasteiger partial charge on any atom is 0.277 e. The van der Waals surface area contributed by atoms with Crippen molar-refractivity contribution >= 4 is 11.6 Å². The van der Waals surface area contributed by atoms with Crippen molar-refractivity contribution in [2.24, 2.45) is 5.73 Å². The molecule has 1 aromatic carbocycles. The molecule has 0 saturated heterocycles. The van der Waals surface area contributed by atoms with Gasteiger partial charge in [-0.05, 0) is 24.6 Å². The van der Waals surface area contributed by atoms with Crippen LogP contribution in [0.15, 0.2) is 35.1 Å². The molecule has 0 spiro atoms. The number of nitrogens with one attached hydrogen (secondary N) is 1. The summed E-state index contributed by atoms with van der Waals surface area (Å²) >= 11 is 0. The number of amides is 1. The minimum Gasteiger partial charge on any atom is -0.364 e. The molecule has 0 bridgehead atoms. The van der Waals surface area contributed by atoms with Crippen molar-refractivity contribution in [2.45, 2.75) is 6.92 Å². The van der Waals surface area contributed by atoms with E-state index in [4.69, 9.17) is 5.73 Å². The van der Waals surface area contributed by atoms with Gasteiger partial charge in [0.15, 0.2) is 5.69 Å². The normalized spacial score (nSPS) is 9.58. The third-order valence-electron chi connectivity index (χ3n) is 2.42. The predicted molar refractivity (Wildman–Crippen MR) is 71.6 cm³/mol. The van der Waals surface area contributed by atoms with Gasteiger partial charge in [-0.3, -0.25) is 4.79 Å². The van der Waals surface area contributed by atoms with Gasteiger partial charge in [0.25, 0.3) is 5.91 Å². The fraction of sp³-hybridized carbons (Fsp3) is 0.143. The third kappa shape index (κ3) is 3.21. The number of carbonyl (C=O) groups is 1. The molecule has 96 valence electrons. The van der Waals surface area contributed by atoms with Gasteiger partial charge in [-0.2, -0.15) is 0 Å². The molecule has 2 rings (SSSR count). The Morgan fingerprint density at radius 1 is 1.47 bits per heavy atom. The smallest absolute Gasteiger partial charge is 0.277 e. The first-order chi connectivity index (χ1) is 9.20. The van der Waals surface area contributed by atoms with Crippen LogP contribution in [0.5, 0.6) is 0 Å². The van der Waals surface area contributed by atoms with E-state index in [9.17, 15) is 4.79 Å². The molecular formula is C14H13N3O2. The van der Waals surface area contributed by atoms with E-state index in [-0.39, 0.29) is 18.1 Å². The standard InChI is InChI=1S/C14H13N3O2/c1-10-4-5-12(11(9-10)3-2-7-15)16-14(18)13-6-8-19-17-13/h4-6,8-9H,7,15H2,1H3,(H,16,18). The van der Waals surface area contributed by atoms with Crippen LogP contribution in [0, 0.1) is 18.8 Å². The molecule has 1 amide bonds. The van der Waals surface area contributed by atoms with Gasteiger partial charge in [-0.25, -0.2) is 0 Å². The van der Waals surface area contributed by atoms with Crippen LogP contribution in [0.3, 0.4) is 0 Å². The molecule has 2 aromatic rings. The monoisotopic (exact) mass is 255 g/mol. The maximum absolute atomic E-state index is 11.9. The van der Waals surface area contributed by atoms with Gasteiger partial charge in [0.2, 0.25) is 0 Å². The van der Waals surface area contributed by atoms with Gasteiger partial charge in [0, 0.05) is 11.6 Å². The summed E-state index contributed by atoms with van der Waals surface area (Å²) in [6.45, 7) is 2.22. The van der Waals surface area contributed by atoms with Gasteiger partial charge in [0.1, 0.15) is 6.26 Å². The zero-order chi connectivity index (χ0) is 13.7. The third-order valence-corrected chi connectivity index (χ3v) is 2.42. The van der Waals surface area contributed by atoms with Gasteiger partial charge in [-0.1, -0.05) is 23.1 Å². The van der Waals surface area contributed by atoms with Crippen LogP contribution >= 0.6 is 0 Å². The minimum atomic E-state index is -0.339. The van der Waals surface area contributed by atoms with E-state index in [1.807, 2.05) is 19.1 Å². The van der Waals surface area contributed by atoms with E-state index in [0.717, 1.165) is 11.1 Å². The topological polar surface area (TPSA) is 81.2 Å². The molecule has 0 aliphatic carbocycles. The molecule has 1 aromatic heterocycles. The van der Waals surface area contributed by atoms with Crippen molar-refractivity contribution < 1.29 is 9.32 Å². The summed E-state index contributed by atoms with van der Waals surface area (Å²) in [6.07, 6.45) is 1.35. The largest absolute Gasteiger partial charge is 0.364 e. The fourth-order valence-electron chi connectivity index (χ4n) is 1.53. The number of rotatable bonds is 2. The summed E-state index contributed by atoms with van der Waals surface area (Å²) in [5, 5.41) is 6.32. The van der Waals surface area contributed by atoms with Crippen LogP contribution in [-0.2, 0) is 0 Å². The van der Waals surface area contributed by atoms with Crippen LogP contribution in [0.25, 0.3) is 0 Å². The van der Waals surface area contributed by atoms with Crippen molar-refractivity contribution in [3.63, 3.8) is 0 Å². The Bertz CT molecular complexity index is 636. The minimum absolute atomic E-state index is 0.221. The zero-order valence-electron chi connectivity index (χ0n) is 10.4. The van der Waals surface area contributed by atoms with E-state index in [0.29, 0.717) is 5.69 Å². The van der Waals surface area contributed by atoms with Crippen LogP contribution in [0.2, 0.25) is 0 Å². The Balaban J connectivity index is 2.27. The zero-order valence-corrected chi connectivity index (χ0v) is 10.4. The van der Waals surface area contributed by atoms with Crippen molar-refractivity contribution in [3.8, 4) is 11.8 Å². The van der Waals surface area contributed by atoms with Crippen molar-refractivity contribution in [3.05, 3.63) is 47.3 Å². The first kappa shape index (κ1) is 12.9. The molecule has 0 aliphatic rings. The average molecular weight is 255 g/mol. The Morgan fingerprint density at radius 2 is 2.32 bits per heavy atom. The first-order valence-electron chi connectivity index (χ1n) is 5.72. The number of nitrogens with zero attached hydrogens (tertiary/aromatic N) is 1. The number of anilines is 1. The molecule has 0 aliphatic heterocycles. The molecule has 5 nitrogen and oxygen atoms in total. The van der Waals surface area contributed by atoms with Gasteiger partial charge < -0.3 is 15.6 Å². The molecule has 0 atom stereocenters. The molecule has 0 radical (unpaired) electrons. The Morgan fingerprint density at radius 3 is 3.00 bits per heavy atom.